The molecular formula is C18H29N3. The zero-order valence-electron chi connectivity index (χ0n) is 13.5. The van der Waals surface area contributed by atoms with Crippen LogP contribution in [0, 0.1) is 0 Å². The van der Waals surface area contributed by atoms with E-state index in [-0.39, 0.29) is 0 Å². The Kier molecular flexibility index (Phi) is 4.94. The minimum atomic E-state index is 0.598. The maximum atomic E-state index is 3.70. The zero-order valence-corrected chi connectivity index (χ0v) is 13.5. The molecule has 2 aliphatic heterocycles. The van der Waals surface area contributed by atoms with Crippen molar-refractivity contribution in [2.45, 2.75) is 44.8 Å². The average molecular weight is 287 g/mol. The van der Waals surface area contributed by atoms with Crippen LogP contribution in [0.4, 0.5) is 0 Å². The highest BCUT2D eigenvalue weighted by Gasteiger charge is 2.25. The van der Waals surface area contributed by atoms with Crippen molar-refractivity contribution >= 4 is 0 Å². The molecule has 2 aliphatic rings. The minimum absolute atomic E-state index is 0.598. The van der Waals surface area contributed by atoms with Crippen LogP contribution >= 0.6 is 0 Å². The molecule has 0 spiro atoms. The molecule has 0 aliphatic carbocycles. The summed E-state index contributed by atoms with van der Waals surface area (Å²) in [5.41, 5.74) is 3.01. The summed E-state index contributed by atoms with van der Waals surface area (Å²) in [6, 6.07) is 10.2. The van der Waals surface area contributed by atoms with Crippen molar-refractivity contribution in [3.63, 3.8) is 0 Å². The highest BCUT2D eigenvalue weighted by molar-refractivity contribution is 5.29. The van der Waals surface area contributed by atoms with Gasteiger partial charge >= 0.3 is 0 Å². The standard InChI is InChI=1S/C18H29N3/c1-3-21-10-6-9-18(21)14-20(2)13-17-11-15-7-4-5-8-16(15)12-19-17/h4-5,7-8,17-19H,3,6,9-14H2,1-2H3. The number of nitrogens with zero attached hydrogens (tertiary/aromatic N) is 2. The van der Waals surface area contributed by atoms with E-state index in [9.17, 15) is 0 Å². The number of nitrogens with one attached hydrogen (secondary N) is 1. The van der Waals surface area contributed by atoms with Gasteiger partial charge in [0.25, 0.3) is 0 Å². The molecule has 3 rings (SSSR count). The summed E-state index contributed by atoms with van der Waals surface area (Å²) in [6.45, 7) is 8.19. The van der Waals surface area contributed by atoms with Crippen LogP contribution < -0.4 is 5.32 Å². The molecule has 2 unspecified atom stereocenters. The van der Waals surface area contributed by atoms with Gasteiger partial charge in [0.15, 0.2) is 0 Å². The van der Waals surface area contributed by atoms with E-state index in [1.165, 1.54) is 50.0 Å². The van der Waals surface area contributed by atoms with Gasteiger partial charge in [0, 0.05) is 31.7 Å². The lowest BCUT2D eigenvalue weighted by molar-refractivity contribution is 0.186. The van der Waals surface area contributed by atoms with E-state index in [1.807, 2.05) is 0 Å². The third-order valence-electron chi connectivity index (χ3n) is 5.13. The average Bonchev–Trinajstić information content (AvgIpc) is 2.94. The predicted molar refractivity (Wildman–Crippen MR) is 88.5 cm³/mol. The van der Waals surface area contributed by atoms with Gasteiger partial charge in [-0.1, -0.05) is 31.2 Å². The van der Waals surface area contributed by atoms with Crippen LogP contribution in [-0.4, -0.2) is 55.1 Å². The quantitative estimate of drug-likeness (QED) is 0.895. The third-order valence-corrected chi connectivity index (χ3v) is 5.13. The van der Waals surface area contributed by atoms with Crippen molar-refractivity contribution in [1.82, 2.24) is 15.1 Å². The predicted octanol–water partition coefficient (Wildman–Crippen LogP) is 2.12. The molecule has 0 saturated carbocycles. The van der Waals surface area contributed by atoms with Gasteiger partial charge in [-0.15, -0.1) is 0 Å². The number of likely N-dealkylation sites (tertiary alicyclic amines) is 1. The van der Waals surface area contributed by atoms with Gasteiger partial charge in [-0.05, 0) is 50.5 Å². The van der Waals surface area contributed by atoms with Gasteiger partial charge in [-0.3, -0.25) is 4.90 Å². The Bertz CT molecular complexity index is 460. The summed E-state index contributed by atoms with van der Waals surface area (Å²) in [6.07, 6.45) is 3.92. The van der Waals surface area contributed by atoms with Crippen LogP contribution in [0.2, 0.25) is 0 Å². The number of benzene rings is 1. The molecule has 1 aromatic rings. The summed E-state index contributed by atoms with van der Waals surface area (Å²) < 4.78 is 0. The maximum Gasteiger partial charge on any atom is 0.0238 e. The molecule has 0 aromatic heterocycles. The smallest absolute Gasteiger partial charge is 0.0238 e. The summed E-state index contributed by atoms with van der Waals surface area (Å²) in [4.78, 5) is 5.17. The Morgan fingerprint density at radius 3 is 2.86 bits per heavy atom. The van der Waals surface area contributed by atoms with Crippen LogP contribution in [0.1, 0.15) is 30.9 Å². The molecule has 0 bridgehead atoms. The fourth-order valence-electron chi connectivity index (χ4n) is 3.98. The van der Waals surface area contributed by atoms with Gasteiger partial charge in [0.1, 0.15) is 0 Å². The fourth-order valence-corrected chi connectivity index (χ4v) is 3.98. The second kappa shape index (κ2) is 6.91. The van der Waals surface area contributed by atoms with E-state index in [1.54, 1.807) is 0 Å². The molecule has 1 aromatic carbocycles. The van der Waals surface area contributed by atoms with E-state index in [0.29, 0.717) is 6.04 Å². The van der Waals surface area contributed by atoms with E-state index in [4.69, 9.17) is 0 Å². The highest BCUT2D eigenvalue weighted by Crippen LogP contribution is 2.19. The van der Waals surface area contributed by atoms with Crippen molar-refractivity contribution in [3.05, 3.63) is 35.4 Å². The Balaban J connectivity index is 1.51. The third kappa shape index (κ3) is 3.65. The molecule has 1 saturated heterocycles. The maximum absolute atomic E-state index is 3.70. The highest BCUT2D eigenvalue weighted by atomic mass is 15.2. The van der Waals surface area contributed by atoms with Crippen LogP contribution in [0.5, 0.6) is 0 Å². The second-order valence-corrected chi connectivity index (χ2v) is 6.70. The Hall–Kier alpha value is -0.900. The first-order valence-electron chi connectivity index (χ1n) is 8.49. The van der Waals surface area contributed by atoms with Gasteiger partial charge in [0.05, 0.1) is 0 Å². The first kappa shape index (κ1) is 15.0. The number of likely N-dealkylation sites (N-methyl/N-ethyl adjacent to an activating group) is 2. The molecule has 2 atom stereocenters. The summed E-state index contributed by atoms with van der Waals surface area (Å²) in [7, 11) is 2.29. The largest absolute Gasteiger partial charge is 0.308 e. The van der Waals surface area contributed by atoms with Crippen LogP contribution in [-0.2, 0) is 13.0 Å². The molecule has 116 valence electrons. The molecule has 0 amide bonds. The Morgan fingerprint density at radius 1 is 1.24 bits per heavy atom. The van der Waals surface area contributed by atoms with E-state index in [2.05, 4.69) is 53.4 Å². The molecule has 2 heterocycles. The van der Waals surface area contributed by atoms with Crippen molar-refractivity contribution in [1.29, 1.82) is 0 Å². The number of fused-ring (bicyclic) bond motifs is 1. The SMILES string of the molecule is CCN1CCCC1CN(C)CC1Cc2ccccc2CN1. The number of hydrogen-bond donors (Lipinski definition) is 1. The molecule has 1 N–H and O–H groups in total. The molecule has 3 heteroatoms. The van der Waals surface area contributed by atoms with Crippen molar-refractivity contribution in [3.8, 4) is 0 Å². The normalized spacial score (nSPS) is 26.2. The molecule has 0 radical (unpaired) electrons. The number of rotatable bonds is 5. The lowest BCUT2D eigenvalue weighted by Gasteiger charge is -2.32. The first-order valence-corrected chi connectivity index (χ1v) is 8.49. The monoisotopic (exact) mass is 287 g/mol. The van der Waals surface area contributed by atoms with Crippen LogP contribution in [0.25, 0.3) is 0 Å². The van der Waals surface area contributed by atoms with Crippen molar-refractivity contribution in [2.75, 3.05) is 33.2 Å². The Labute approximate surface area is 129 Å². The molecule has 21 heavy (non-hydrogen) atoms. The second-order valence-electron chi connectivity index (χ2n) is 6.70. The van der Waals surface area contributed by atoms with E-state index >= 15 is 0 Å². The lowest BCUT2D eigenvalue weighted by Crippen LogP contribution is -2.46. The van der Waals surface area contributed by atoms with Crippen molar-refractivity contribution < 1.29 is 0 Å². The zero-order chi connectivity index (χ0) is 14.7. The van der Waals surface area contributed by atoms with Crippen LogP contribution in [0.15, 0.2) is 24.3 Å². The topological polar surface area (TPSA) is 18.5 Å². The lowest BCUT2D eigenvalue weighted by atomic mass is 9.95. The van der Waals surface area contributed by atoms with Gasteiger partial charge < -0.3 is 10.2 Å². The summed E-state index contributed by atoms with van der Waals surface area (Å²) >= 11 is 0. The first-order chi connectivity index (χ1) is 10.3. The minimum Gasteiger partial charge on any atom is -0.308 e. The van der Waals surface area contributed by atoms with Gasteiger partial charge in [-0.25, -0.2) is 0 Å². The fraction of sp³-hybridized carbons (Fsp3) is 0.667. The van der Waals surface area contributed by atoms with E-state index in [0.717, 1.165) is 19.1 Å². The molecule has 3 nitrogen and oxygen atoms in total. The summed E-state index contributed by atoms with van der Waals surface area (Å²) in [5.74, 6) is 0. The summed E-state index contributed by atoms with van der Waals surface area (Å²) in [5, 5.41) is 3.70. The van der Waals surface area contributed by atoms with Gasteiger partial charge in [-0.2, -0.15) is 0 Å². The van der Waals surface area contributed by atoms with Crippen molar-refractivity contribution in [2.24, 2.45) is 0 Å². The molecular weight excluding hydrogens is 258 g/mol. The van der Waals surface area contributed by atoms with Gasteiger partial charge in [0.2, 0.25) is 0 Å². The van der Waals surface area contributed by atoms with Crippen LogP contribution in [0.3, 0.4) is 0 Å². The van der Waals surface area contributed by atoms with E-state index < -0.39 is 0 Å². The molecule has 1 fully saturated rings. The Morgan fingerprint density at radius 2 is 2.05 bits per heavy atom. The number of hydrogen-bond acceptors (Lipinski definition) is 3.